The third kappa shape index (κ3) is 3.37. The first kappa shape index (κ1) is 18.9. The predicted octanol–water partition coefficient (Wildman–Crippen LogP) is 4.50. The summed E-state index contributed by atoms with van der Waals surface area (Å²) in [7, 11) is -3.56. The molecule has 9 heteroatoms. The first-order valence-electron chi connectivity index (χ1n) is 8.22. The van der Waals surface area contributed by atoms with Gasteiger partial charge in [-0.15, -0.1) is 0 Å². The van der Waals surface area contributed by atoms with Gasteiger partial charge >= 0.3 is 0 Å². The Morgan fingerprint density at radius 1 is 0.964 bits per heavy atom. The summed E-state index contributed by atoms with van der Waals surface area (Å²) < 4.78 is 25.6. The highest BCUT2D eigenvalue weighted by molar-refractivity contribution is 7.90. The van der Waals surface area contributed by atoms with Gasteiger partial charge < -0.3 is 0 Å². The molecule has 0 aliphatic rings. The Balaban J connectivity index is 2.06. The lowest BCUT2D eigenvalue weighted by Gasteiger charge is -2.10. The molecule has 2 heterocycles. The van der Waals surface area contributed by atoms with Crippen molar-refractivity contribution in [3.8, 4) is 17.2 Å². The minimum absolute atomic E-state index is 0.250. The smallest absolute Gasteiger partial charge is 0.248 e. The molecule has 0 aliphatic heterocycles. The van der Waals surface area contributed by atoms with Crippen LogP contribution >= 0.6 is 23.2 Å². The van der Waals surface area contributed by atoms with Crippen molar-refractivity contribution < 1.29 is 8.42 Å². The van der Waals surface area contributed by atoms with Gasteiger partial charge in [0.05, 0.1) is 21.1 Å². The van der Waals surface area contributed by atoms with Gasteiger partial charge in [0.25, 0.3) is 0 Å². The molecular formula is C19H14Cl2N4O2S. The molecule has 4 aromatic rings. The van der Waals surface area contributed by atoms with Crippen LogP contribution in [0.1, 0.15) is 5.56 Å². The summed E-state index contributed by atoms with van der Waals surface area (Å²) in [5.41, 5.74) is 3.29. The van der Waals surface area contributed by atoms with Gasteiger partial charge in [0.1, 0.15) is 11.6 Å². The fraction of sp³-hybridized carbons (Fsp3) is 0.105. The number of nitrogens with zero attached hydrogens (tertiary/aromatic N) is 4. The third-order valence-corrected chi connectivity index (χ3v) is 5.77. The first-order valence-corrected chi connectivity index (χ1v) is 10.9. The van der Waals surface area contributed by atoms with Crippen molar-refractivity contribution in [1.82, 2.24) is 19.5 Å². The molecule has 6 nitrogen and oxygen atoms in total. The molecule has 2 aromatic heterocycles. The topological polar surface area (TPSA) is 77.7 Å². The minimum Gasteiger partial charge on any atom is -0.276 e. The van der Waals surface area contributed by atoms with Crippen LogP contribution in [-0.4, -0.2) is 34.2 Å². The lowest BCUT2D eigenvalue weighted by atomic mass is 10.2. The fourth-order valence-electron chi connectivity index (χ4n) is 2.88. The second-order valence-corrected chi connectivity index (χ2v) is 9.09. The van der Waals surface area contributed by atoms with Crippen molar-refractivity contribution in [2.24, 2.45) is 0 Å². The van der Waals surface area contributed by atoms with Crippen LogP contribution in [0.3, 0.4) is 0 Å². The van der Waals surface area contributed by atoms with E-state index in [-0.39, 0.29) is 5.16 Å². The molecule has 0 N–H and O–H groups in total. The Bertz CT molecular complexity index is 1330. The monoisotopic (exact) mass is 432 g/mol. The van der Waals surface area contributed by atoms with Crippen molar-refractivity contribution in [2.45, 2.75) is 12.1 Å². The highest BCUT2D eigenvalue weighted by Gasteiger charge is 2.19. The third-order valence-electron chi connectivity index (χ3n) is 4.17. The van der Waals surface area contributed by atoms with Gasteiger partial charge in [-0.3, -0.25) is 4.57 Å². The number of aryl methyl sites for hydroxylation is 1. The van der Waals surface area contributed by atoms with E-state index in [0.717, 1.165) is 28.4 Å². The van der Waals surface area contributed by atoms with E-state index >= 15 is 0 Å². The number of sulfone groups is 1. The number of hydrogen-bond acceptors (Lipinski definition) is 5. The van der Waals surface area contributed by atoms with Crippen LogP contribution in [0.15, 0.2) is 53.8 Å². The van der Waals surface area contributed by atoms with E-state index in [4.69, 9.17) is 28.2 Å². The molecule has 0 amide bonds. The molecule has 0 saturated carbocycles. The molecule has 0 radical (unpaired) electrons. The summed E-state index contributed by atoms with van der Waals surface area (Å²) in [4.78, 5) is 12.8. The average Bonchev–Trinajstić information content (AvgIpc) is 3.02. The van der Waals surface area contributed by atoms with E-state index in [2.05, 4.69) is 9.97 Å². The highest BCUT2D eigenvalue weighted by Crippen LogP contribution is 2.32. The maximum absolute atomic E-state index is 11.9. The average molecular weight is 433 g/mol. The second-order valence-electron chi connectivity index (χ2n) is 6.36. The summed E-state index contributed by atoms with van der Waals surface area (Å²) in [6, 6.07) is 12.7. The Morgan fingerprint density at radius 3 is 2.46 bits per heavy atom. The number of benzene rings is 2. The maximum atomic E-state index is 11.9. The lowest BCUT2D eigenvalue weighted by molar-refractivity contribution is 0.592. The number of rotatable bonds is 3. The Hall–Kier alpha value is -2.48. The molecule has 142 valence electrons. The Morgan fingerprint density at radius 2 is 1.75 bits per heavy atom. The number of aromatic nitrogens is 4. The van der Waals surface area contributed by atoms with Gasteiger partial charge in [0, 0.05) is 18.0 Å². The molecule has 0 atom stereocenters. The van der Waals surface area contributed by atoms with Gasteiger partial charge in [0.2, 0.25) is 15.0 Å². The largest absolute Gasteiger partial charge is 0.276 e. The summed E-state index contributed by atoms with van der Waals surface area (Å²) in [6.45, 7) is 1.97. The highest BCUT2D eigenvalue weighted by atomic mass is 35.5. The number of imidazole rings is 1. The SMILES string of the molecule is Cc1ccc2nc(-c3ccc(Cl)c(Cl)c3)n(-c3ccnc(S(C)(=O)=O)n3)c2c1. The van der Waals surface area contributed by atoms with Crippen molar-refractivity contribution in [3.63, 3.8) is 0 Å². The maximum Gasteiger partial charge on any atom is 0.248 e. The van der Waals surface area contributed by atoms with Crippen LogP contribution in [0.25, 0.3) is 28.2 Å². The number of halogens is 2. The zero-order valence-corrected chi connectivity index (χ0v) is 17.2. The second kappa shape index (κ2) is 6.84. The molecule has 0 aliphatic carbocycles. The summed E-state index contributed by atoms with van der Waals surface area (Å²) in [5, 5.41) is 0.582. The minimum atomic E-state index is -3.56. The normalized spacial score (nSPS) is 11.9. The number of hydrogen-bond donors (Lipinski definition) is 0. The van der Waals surface area contributed by atoms with E-state index in [9.17, 15) is 8.42 Å². The van der Waals surface area contributed by atoms with Crippen LogP contribution in [0.5, 0.6) is 0 Å². The van der Waals surface area contributed by atoms with Crippen LogP contribution < -0.4 is 0 Å². The molecule has 0 bridgehead atoms. The van der Waals surface area contributed by atoms with E-state index in [1.807, 2.05) is 25.1 Å². The van der Waals surface area contributed by atoms with Crippen molar-refractivity contribution >= 4 is 44.1 Å². The molecular weight excluding hydrogens is 419 g/mol. The molecule has 4 rings (SSSR count). The van der Waals surface area contributed by atoms with Gasteiger partial charge in [-0.05, 0) is 48.9 Å². The molecule has 0 fully saturated rings. The predicted molar refractivity (Wildman–Crippen MR) is 110 cm³/mol. The van der Waals surface area contributed by atoms with Crippen LogP contribution in [-0.2, 0) is 9.84 Å². The van der Waals surface area contributed by atoms with Gasteiger partial charge in [-0.25, -0.2) is 23.4 Å². The quantitative estimate of drug-likeness (QED) is 0.445. The van der Waals surface area contributed by atoms with Crippen molar-refractivity contribution in [2.75, 3.05) is 6.26 Å². The van der Waals surface area contributed by atoms with Gasteiger partial charge in [0.15, 0.2) is 0 Å². The molecule has 28 heavy (non-hydrogen) atoms. The van der Waals surface area contributed by atoms with Crippen LogP contribution in [0.4, 0.5) is 0 Å². The Labute approximate surface area is 171 Å². The van der Waals surface area contributed by atoms with Crippen molar-refractivity contribution in [3.05, 3.63) is 64.3 Å². The zero-order valence-electron chi connectivity index (χ0n) is 14.9. The lowest BCUT2D eigenvalue weighted by Crippen LogP contribution is -2.08. The Kier molecular flexibility index (Phi) is 4.61. The molecule has 2 aromatic carbocycles. The summed E-state index contributed by atoms with van der Waals surface area (Å²) in [5.74, 6) is 0.960. The van der Waals surface area contributed by atoms with Gasteiger partial charge in [-0.1, -0.05) is 29.3 Å². The van der Waals surface area contributed by atoms with E-state index < -0.39 is 9.84 Å². The zero-order chi connectivity index (χ0) is 20.1. The van der Waals surface area contributed by atoms with Crippen LogP contribution in [0.2, 0.25) is 10.0 Å². The fourth-order valence-corrected chi connectivity index (χ4v) is 3.69. The van der Waals surface area contributed by atoms with E-state index in [1.54, 1.807) is 28.8 Å². The van der Waals surface area contributed by atoms with Crippen LogP contribution in [0, 0.1) is 6.92 Å². The summed E-state index contributed by atoms with van der Waals surface area (Å²) >= 11 is 12.2. The van der Waals surface area contributed by atoms with E-state index in [1.165, 1.54) is 6.20 Å². The molecule has 0 unspecified atom stereocenters. The van der Waals surface area contributed by atoms with E-state index in [0.29, 0.717) is 21.7 Å². The molecule has 0 spiro atoms. The standard InChI is InChI=1S/C19H14Cl2N4O2S/c1-11-3-6-15-16(9-11)25(17-7-8-22-19(24-17)28(2,26)27)18(23-15)12-4-5-13(20)14(21)10-12/h3-10H,1-2H3. The molecule has 0 saturated heterocycles. The number of fused-ring (bicyclic) bond motifs is 1. The van der Waals surface area contributed by atoms with Crippen molar-refractivity contribution in [1.29, 1.82) is 0 Å². The summed E-state index contributed by atoms with van der Waals surface area (Å²) in [6.07, 6.45) is 2.49. The van der Waals surface area contributed by atoms with Gasteiger partial charge in [-0.2, -0.15) is 0 Å². The first-order chi connectivity index (χ1) is 13.2.